The van der Waals surface area contributed by atoms with Gasteiger partial charge in [0, 0.05) is 71.6 Å². The van der Waals surface area contributed by atoms with Crippen LogP contribution in [-0.2, 0) is 36.1 Å². The van der Waals surface area contributed by atoms with Gasteiger partial charge in [-0.1, -0.05) is 20.4 Å². The SMILES string of the molecule is C=CC(=O)OCCC[Si](OC)(OC)OC.CCO[Si](CCCN=C(C)CC(C)C)(OCC)OCC. The van der Waals surface area contributed by atoms with Crippen LogP contribution >= 0.6 is 0 Å². The minimum absolute atomic E-state index is 0.315. The summed E-state index contributed by atoms with van der Waals surface area (Å²) < 4.78 is 37.9. The molecule has 0 aliphatic heterocycles. The smallest absolute Gasteiger partial charge is 0.463 e. The quantitative estimate of drug-likeness (QED) is 0.0710. The van der Waals surface area contributed by atoms with Crippen LogP contribution in [0, 0.1) is 5.92 Å². The minimum Gasteiger partial charge on any atom is -0.463 e. The summed E-state index contributed by atoms with van der Waals surface area (Å²) in [4.78, 5) is 15.3. The lowest BCUT2D eigenvalue weighted by atomic mass is 10.1. The monoisotopic (exact) mass is 537 g/mol. The van der Waals surface area contributed by atoms with E-state index >= 15 is 0 Å². The topological polar surface area (TPSA) is 94.0 Å². The van der Waals surface area contributed by atoms with Crippen LogP contribution in [-0.4, -0.2) is 83.6 Å². The predicted octanol–water partition coefficient (Wildman–Crippen LogP) is 4.92. The first kappa shape index (κ1) is 36.2. The molecule has 0 spiro atoms. The number of esters is 1. The zero-order chi connectivity index (χ0) is 27.2. The van der Waals surface area contributed by atoms with Gasteiger partial charge in [0.15, 0.2) is 0 Å². The molecule has 208 valence electrons. The Morgan fingerprint density at radius 3 is 1.77 bits per heavy atom. The van der Waals surface area contributed by atoms with Gasteiger partial charge in [0.1, 0.15) is 0 Å². The van der Waals surface area contributed by atoms with Crippen LogP contribution in [0.15, 0.2) is 17.6 Å². The standard InChI is InChI=1S/C15H33NO3Si.C9H18O5Si/c1-7-17-20(18-8-2,19-9-3)12-10-11-16-15(6)13-14(4)5;1-5-9(10)14-7-6-8-15(11-2,12-3)13-4/h14H,7-13H2,1-6H3;5H,1,6-8H2,2-4H3. The van der Waals surface area contributed by atoms with E-state index in [2.05, 4.69) is 32.3 Å². The number of carbonyl (C=O) groups is 1. The highest BCUT2D eigenvalue weighted by atomic mass is 28.4. The number of nitrogens with zero attached hydrogens (tertiary/aromatic N) is 1. The number of carbonyl (C=O) groups excluding carboxylic acids is 1. The molecule has 0 aromatic rings. The Bertz CT molecular complexity index is 546. The van der Waals surface area contributed by atoms with Crippen molar-refractivity contribution >= 4 is 29.3 Å². The first-order valence-electron chi connectivity index (χ1n) is 12.5. The third kappa shape index (κ3) is 18.0. The summed E-state index contributed by atoms with van der Waals surface area (Å²) >= 11 is 0. The highest BCUT2D eigenvalue weighted by Crippen LogP contribution is 2.18. The van der Waals surface area contributed by atoms with Crippen molar-refractivity contribution in [1.29, 1.82) is 0 Å². The summed E-state index contributed by atoms with van der Waals surface area (Å²) in [6.45, 7) is 18.9. The Kier molecular flexibility index (Phi) is 23.1. The molecular formula is C24H51NO8Si2. The minimum atomic E-state index is -2.52. The Morgan fingerprint density at radius 2 is 1.37 bits per heavy atom. The average molecular weight is 538 g/mol. The average Bonchev–Trinajstić information content (AvgIpc) is 2.83. The van der Waals surface area contributed by atoms with Crippen molar-refractivity contribution in [3.63, 3.8) is 0 Å². The number of ether oxygens (including phenoxy) is 1. The molecule has 0 atom stereocenters. The molecule has 0 radical (unpaired) electrons. The lowest BCUT2D eigenvalue weighted by Crippen LogP contribution is -2.46. The van der Waals surface area contributed by atoms with Crippen LogP contribution in [0.4, 0.5) is 0 Å². The molecule has 0 rings (SSSR count). The third-order valence-electron chi connectivity index (χ3n) is 4.79. The van der Waals surface area contributed by atoms with Gasteiger partial charge in [-0.3, -0.25) is 4.99 Å². The second-order valence-corrected chi connectivity index (χ2v) is 13.9. The van der Waals surface area contributed by atoms with Crippen LogP contribution in [0.25, 0.3) is 0 Å². The van der Waals surface area contributed by atoms with Crippen LogP contribution in [0.5, 0.6) is 0 Å². The van der Waals surface area contributed by atoms with Gasteiger partial charge in [0.05, 0.1) is 6.61 Å². The highest BCUT2D eigenvalue weighted by molar-refractivity contribution is 6.61. The number of rotatable bonds is 20. The fraction of sp³-hybridized carbons (Fsp3) is 0.833. The van der Waals surface area contributed by atoms with Crippen LogP contribution in [0.1, 0.15) is 60.8 Å². The molecule has 0 aliphatic carbocycles. The largest absolute Gasteiger partial charge is 0.500 e. The fourth-order valence-electron chi connectivity index (χ4n) is 3.30. The lowest BCUT2D eigenvalue weighted by Gasteiger charge is -2.28. The number of aliphatic imine (C=N–C) groups is 1. The van der Waals surface area contributed by atoms with Crippen molar-refractivity contribution in [3.05, 3.63) is 12.7 Å². The van der Waals surface area contributed by atoms with E-state index in [0.717, 1.165) is 31.5 Å². The summed E-state index contributed by atoms with van der Waals surface area (Å²) in [7, 11) is -0.334. The highest BCUT2D eigenvalue weighted by Gasteiger charge is 2.39. The fourth-order valence-corrected chi connectivity index (χ4v) is 7.58. The van der Waals surface area contributed by atoms with Crippen molar-refractivity contribution in [2.24, 2.45) is 10.9 Å². The summed E-state index contributed by atoms with van der Waals surface area (Å²) in [5.41, 5.74) is 1.23. The van der Waals surface area contributed by atoms with E-state index in [0.29, 0.717) is 44.8 Å². The molecule has 0 aromatic carbocycles. The molecule has 0 saturated heterocycles. The Morgan fingerprint density at radius 1 is 0.886 bits per heavy atom. The molecule has 0 N–H and O–H groups in total. The van der Waals surface area contributed by atoms with Gasteiger partial charge in [-0.15, -0.1) is 0 Å². The molecule has 0 saturated carbocycles. The second kappa shape index (κ2) is 22.3. The Hall–Kier alpha value is -0.926. The summed E-state index contributed by atoms with van der Waals surface area (Å²) in [5.74, 6) is 0.247. The van der Waals surface area contributed by atoms with Gasteiger partial charge >= 0.3 is 23.6 Å². The maximum atomic E-state index is 10.7. The second-order valence-electron chi connectivity index (χ2n) is 8.07. The summed E-state index contributed by atoms with van der Waals surface area (Å²) in [5, 5.41) is 0. The van der Waals surface area contributed by atoms with Crippen molar-refractivity contribution in [3.8, 4) is 0 Å². The molecule has 0 bridgehead atoms. The van der Waals surface area contributed by atoms with E-state index in [4.69, 9.17) is 31.3 Å². The molecule has 11 heteroatoms. The van der Waals surface area contributed by atoms with E-state index in [1.807, 2.05) is 20.8 Å². The molecule has 0 fully saturated rings. The van der Waals surface area contributed by atoms with E-state index in [1.165, 1.54) is 5.71 Å². The third-order valence-corrected chi connectivity index (χ3v) is 10.8. The van der Waals surface area contributed by atoms with E-state index < -0.39 is 23.6 Å². The van der Waals surface area contributed by atoms with Crippen LogP contribution < -0.4 is 0 Å². The Balaban J connectivity index is 0. The van der Waals surface area contributed by atoms with Gasteiger partial charge in [0.25, 0.3) is 0 Å². The van der Waals surface area contributed by atoms with E-state index in [9.17, 15) is 4.79 Å². The van der Waals surface area contributed by atoms with Crippen molar-refractivity contribution in [1.82, 2.24) is 0 Å². The molecule has 9 nitrogen and oxygen atoms in total. The normalized spacial score (nSPS) is 12.3. The van der Waals surface area contributed by atoms with Gasteiger partial charge in [-0.25, -0.2) is 4.79 Å². The van der Waals surface area contributed by atoms with Crippen molar-refractivity contribution in [2.45, 2.75) is 72.9 Å². The van der Waals surface area contributed by atoms with Gasteiger partial charge in [-0.05, 0) is 52.9 Å². The molecule has 0 aromatic heterocycles. The van der Waals surface area contributed by atoms with Crippen molar-refractivity contribution < 1.29 is 36.1 Å². The number of hydrogen-bond acceptors (Lipinski definition) is 9. The maximum absolute atomic E-state index is 10.7. The van der Waals surface area contributed by atoms with Gasteiger partial charge < -0.3 is 31.3 Å². The van der Waals surface area contributed by atoms with Crippen molar-refractivity contribution in [2.75, 3.05) is 54.3 Å². The molecule has 0 aliphatic rings. The Labute approximate surface area is 216 Å². The lowest BCUT2D eigenvalue weighted by molar-refractivity contribution is -0.137. The summed E-state index contributed by atoms with van der Waals surface area (Å²) in [6.07, 6.45) is 3.81. The number of hydrogen-bond donors (Lipinski definition) is 0. The molecule has 0 amide bonds. The van der Waals surface area contributed by atoms with Gasteiger partial charge in [0.2, 0.25) is 0 Å². The van der Waals surface area contributed by atoms with Gasteiger partial charge in [-0.2, -0.15) is 0 Å². The first-order valence-corrected chi connectivity index (χ1v) is 16.4. The summed E-state index contributed by atoms with van der Waals surface area (Å²) in [6, 6.07) is 1.46. The molecular weight excluding hydrogens is 486 g/mol. The van der Waals surface area contributed by atoms with Crippen LogP contribution in [0.2, 0.25) is 12.1 Å². The molecule has 35 heavy (non-hydrogen) atoms. The predicted molar refractivity (Wildman–Crippen MR) is 145 cm³/mol. The maximum Gasteiger partial charge on any atom is 0.500 e. The molecule has 0 heterocycles. The molecule has 0 unspecified atom stereocenters. The van der Waals surface area contributed by atoms with Crippen LogP contribution in [0.3, 0.4) is 0 Å². The van der Waals surface area contributed by atoms with E-state index in [-0.39, 0.29) is 0 Å². The zero-order valence-electron chi connectivity index (χ0n) is 23.6. The van der Waals surface area contributed by atoms with E-state index in [1.54, 1.807) is 21.3 Å². The first-order chi connectivity index (χ1) is 16.6. The zero-order valence-corrected chi connectivity index (χ0v) is 25.6.